The minimum atomic E-state index is -0.137. The minimum absolute atomic E-state index is 0.0712. The third-order valence-electron chi connectivity index (χ3n) is 3.83. The maximum atomic E-state index is 11.8. The van der Waals surface area contributed by atoms with Gasteiger partial charge in [0.15, 0.2) is 0 Å². The van der Waals surface area contributed by atoms with Gasteiger partial charge < -0.3 is 15.2 Å². The molecule has 1 saturated carbocycles. The maximum absolute atomic E-state index is 11.8. The Hall–Kier alpha value is -1.20. The number of thioether (sulfide) groups is 1. The Balaban J connectivity index is 1.65. The Morgan fingerprint density at radius 1 is 1.29 bits per heavy atom. The quantitative estimate of drug-likeness (QED) is 0.793. The summed E-state index contributed by atoms with van der Waals surface area (Å²) in [6.07, 6.45) is 3.60. The fourth-order valence-electron chi connectivity index (χ4n) is 2.48. The van der Waals surface area contributed by atoms with Gasteiger partial charge in [-0.05, 0) is 55.9 Å². The molecule has 0 heterocycles. The lowest BCUT2D eigenvalue weighted by Gasteiger charge is -2.25. The monoisotopic (exact) mass is 309 g/mol. The van der Waals surface area contributed by atoms with Gasteiger partial charge in [-0.2, -0.15) is 0 Å². The van der Waals surface area contributed by atoms with Gasteiger partial charge in [0.2, 0.25) is 5.91 Å². The zero-order chi connectivity index (χ0) is 15.1. The van der Waals surface area contributed by atoms with Crippen LogP contribution in [0.25, 0.3) is 0 Å². The molecule has 1 aliphatic carbocycles. The van der Waals surface area contributed by atoms with Crippen molar-refractivity contribution in [2.45, 2.75) is 36.7 Å². The number of benzene rings is 1. The van der Waals surface area contributed by atoms with Gasteiger partial charge in [0.1, 0.15) is 5.75 Å². The highest BCUT2D eigenvalue weighted by Crippen LogP contribution is 2.24. The van der Waals surface area contributed by atoms with E-state index in [0.29, 0.717) is 11.7 Å². The summed E-state index contributed by atoms with van der Waals surface area (Å²) in [6.45, 7) is 0.731. The van der Waals surface area contributed by atoms with Gasteiger partial charge in [-0.1, -0.05) is 0 Å². The van der Waals surface area contributed by atoms with E-state index in [1.807, 2.05) is 24.3 Å². The summed E-state index contributed by atoms with van der Waals surface area (Å²) in [7, 11) is 1.64. The largest absolute Gasteiger partial charge is 0.497 e. The van der Waals surface area contributed by atoms with Crippen molar-refractivity contribution in [3.05, 3.63) is 24.3 Å². The first-order valence-electron chi connectivity index (χ1n) is 7.39. The lowest BCUT2D eigenvalue weighted by atomic mass is 9.87. The number of nitrogens with one attached hydrogen (secondary N) is 1. The van der Waals surface area contributed by atoms with Crippen LogP contribution in [0.3, 0.4) is 0 Å². The highest BCUT2D eigenvalue weighted by atomic mass is 32.2. The summed E-state index contributed by atoms with van der Waals surface area (Å²) in [6, 6.07) is 7.71. The van der Waals surface area contributed by atoms with Crippen molar-refractivity contribution in [3.8, 4) is 5.75 Å². The van der Waals surface area contributed by atoms with Crippen molar-refractivity contribution in [1.82, 2.24) is 5.32 Å². The summed E-state index contributed by atoms with van der Waals surface area (Å²) >= 11 is 1.53. The molecule has 21 heavy (non-hydrogen) atoms. The average molecular weight is 309 g/mol. The molecule has 1 aromatic rings. The van der Waals surface area contributed by atoms with Gasteiger partial charge in [-0.3, -0.25) is 4.79 Å². The van der Waals surface area contributed by atoms with Gasteiger partial charge in [-0.15, -0.1) is 11.8 Å². The third kappa shape index (κ3) is 5.59. The molecule has 0 aliphatic heterocycles. The molecule has 4 nitrogen and oxygen atoms in total. The molecule has 1 aromatic carbocycles. The van der Waals surface area contributed by atoms with Crippen molar-refractivity contribution in [1.29, 1.82) is 0 Å². The predicted molar refractivity (Wildman–Crippen MR) is 84.7 cm³/mol. The molecule has 2 rings (SSSR count). The Bertz CT molecular complexity index is 441. The number of hydrogen-bond donors (Lipinski definition) is 2. The fourth-order valence-corrected chi connectivity index (χ4v) is 3.21. The van der Waals surface area contributed by atoms with Gasteiger partial charge >= 0.3 is 0 Å². The fraction of sp³-hybridized carbons (Fsp3) is 0.562. The Morgan fingerprint density at radius 3 is 2.57 bits per heavy atom. The smallest absolute Gasteiger partial charge is 0.230 e. The van der Waals surface area contributed by atoms with E-state index in [1.165, 1.54) is 11.8 Å². The van der Waals surface area contributed by atoms with E-state index < -0.39 is 0 Å². The van der Waals surface area contributed by atoms with Crippen LogP contribution >= 0.6 is 11.8 Å². The molecule has 0 spiro atoms. The van der Waals surface area contributed by atoms with Crippen molar-refractivity contribution in [3.63, 3.8) is 0 Å². The second-order valence-electron chi connectivity index (χ2n) is 5.44. The molecular formula is C16H23NO3S. The second-order valence-corrected chi connectivity index (χ2v) is 6.49. The van der Waals surface area contributed by atoms with Crippen molar-refractivity contribution < 1.29 is 14.6 Å². The predicted octanol–water partition coefficient (Wildman–Crippen LogP) is 2.45. The highest BCUT2D eigenvalue weighted by Gasteiger charge is 2.19. The molecule has 0 atom stereocenters. The maximum Gasteiger partial charge on any atom is 0.230 e. The number of carbonyl (C=O) groups is 1. The zero-order valence-corrected chi connectivity index (χ0v) is 13.2. The number of amides is 1. The second kappa shape index (κ2) is 8.29. The summed E-state index contributed by atoms with van der Waals surface area (Å²) in [5.41, 5.74) is 0. The van der Waals surface area contributed by atoms with Gasteiger partial charge in [-0.25, -0.2) is 0 Å². The normalized spacial score (nSPS) is 21.8. The minimum Gasteiger partial charge on any atom is -0.497 e. The number of methoxy groups -OCH3 is 1. The molecule has 1 amide bonds. The van der Waals surface area contributed by atoms with Crippen LogP contribution < -0.4 is 10.1 Å². The van der Waals surface area contributed by atoms with Crippen LogP contribution in [-0.4, -0.2) is 36.5 Å². The summed E-state index contributed by atoms with van der Waals surface area (Å²) < 4.78 is 5.10. The highest BCUT2D eigenvalue weighted by molar-refractivity contribution is 8.00. The number of hydrogen-bond acceptors (Lipinski definition) is 4. The van der Waals surface area contributed by atoms with Crippen molar-refractivity contribution >= 4 is 17.7 Å². The first-order valence-corrected chi connectivity index (χ1v) is 8.37. The van der Waals surface area contributed by atoms with Crippen LogP contribution in [0, 0.1) is 5.92 Å². The molecule has 0 bridgehead atoms. The number of ether oxygens (including phenoxy) is 1. The molecule has 0 radical (unpaired) electrons. The van der Waals surface area contributed by atoms with E-state index in [4.69, 9.17) is 4.74 Å². The lowest BCUT2D eigenvalue weighted by molar-refractivity contribution is -0.118. The van der Waals surface area contributed by atoms with Crippen LogP contribution in [-0.2, 0) is 4.79 Å². The van der Waals surface area contributed by atoms with Gasteiger partial charge in [0.05, 0.1) is 19.0 Å². The zero-order valence-electron chi connectivity index (χ0n) is 12.4. The van der Waals surface area contributed by atoms with Crippen LogP contribution in [0.2, 0.25) is 0 Å². The summed E-state index contributed by atoms with van der Waals surface area (Å²) in [5, 5.41) is 12.4. The number of aliphatic hydroxyl groups is 1. The van der Waals surface area contributed by atoms with E-state index in [0.717, 1.165) is 42.9 Å². The van der Waals surface area contributed by atoms with E-state index in [1.54, 1.807) is 7.11 Å². The first-order chi connectivity index (χ1) is 10.2. The van der Waals surface area contributed by atoms with Gasteiger partial charge in [0, 0.05) is 11.4 Å². The molecule has 116 valence electrons. The van der Waals surface area contributed by atoms with Crippen LogP contribution in [0.15, 0.2) is 29.2 Å². The van der Waals surface area contributed by atoms with Crippen LogP contribution in [0.4, 0.5) is 0 Å². The number of aliphatic hydroxyl groups excluding tert-OH is 1. The van der Waals surface area contributed by atoms with Crippen LogP contribution in [0.1, 0.15) is 25.7 Å². The molecule has 1 fully saturated rings. The molecular weight excluding hydrogens is 286 g/mol. The van der Waals surface area contributed by atoms with Crippen molar-refractivity contribution in [2.24, 2.45) is 5.92 Å². The standard InChI is InChI=1S/C16H23NO3S/c1-20-14-6-8-15(9-7-14)21-11-16(19)17-10-12-2-4-13(18)5-3-12/h6-9,12-13,18H,2-5,10-11H2,1H3,(H,17,19). The van der Waals surface area contributed by atoms with E-state index in [9.17, 15) is 9.90 Å². The topological polar surface area (TPSA) is 58.6 Å². The molecule has 1 aliphatic rings. The SMILES string of the molecule is COc1ccc(SCC(=O)NCC2CCC(O)CC2)cc1. The molecule has 2 N–H and O–H groups in total. The summed E-state index contributed by atoms with van der Waals surface area (Å²) in [4.78, 5) is 12.9. The molecule has 5 heteroatoms. The lowest BCUT2D eigenvalue weighted by Crippen LogP contribution is -2.33. The Labute approximate surface area is 130 Å². The van der Waals surface area contributed by atoms with Crippen molar-refractivity contribution in [2.75, 3.05) is 19.4 Å². The summed E-state index contributed by atoms with van der Waals surface area (Å²) in [5.74, 6) is 1.84. The Morgan fingerprint density at radius 2 is 1.95 bits per heavy atom. The first kappa shape index (κ1) is 16.2. The Kier molecular flexibility index (Phi) is 6.39. The average Bonchev–Trinajstić information content (AvgIpc) is 2.53. The molecule has 0 aromatic heterocycles. The van der Waals surface area contributed by atoms with E-state index in [2.05, 4.69) is 5.32 Å². The number of rotatable bonds is 6. The number of carbonyl (C=O) groups excluding carboxylic acids is 1. The third-order valence-corrected chi connectivity index (χ3v) is 4.85. The molecule has 0 saturated heterocycles. The van der Waals surface area contributed by atoms with Crippen LogP contribution in [0.5, 0.6) is 5.75 Å². The van der Waals surface area contributed by atoms with E-state index >= 15 is 0 Å². The molecule has 0 unspecified atom stereocenters. The van der Waals surface area contributed by atoms with E-state index in [-0.39, 0.29) is 12.0 Å². The van der Waals surface area contributed by atoms with Gasteiger partial charge in [0.25, 0.3) is 0 Å².